The molecule has 2 rings (SSSR count). The van der Waals surface area contributed by atoms with Crippen molar-refractivity contribution in [3.63, 3.8) is 0 Å². The molecule has 0 radical (unpaired) electrons. The first-order valence-corrected chi connectivity index (χ1v) is 5.87. The molecule has 0 spiro atoms. The molecule has 0 bridgehead atoms. The third-order valence-corrected chi connectivity index (χ3v) is 3.26. The lowest BCUT2D eigenvalue weighted by atomic mass is 10.1. The van der Waals surface area contributed by atoms with Crippen LogP contribution in [0, 0.1) is 0 Å². The number of halogens is 1. The van der Waals surface area contributed by atoms with E-state index < -0.39 is 0 Å². The number of hydrogen-bond donors (Lipinski definition) is 2. The van der Waals surface area contributed by atoms with Crippen LogP contribution < -0.4 is 10.6 Å². The molecule has 1 heterocycles. The summed E-state index contributed by atoms with van der Waals surface area (Å²) in [5.74, 6) is 0. The summed E-state index contributed by atoms with van der Waals surface area (Å²) in [7, 11) is 0. The maximum absolute atomic E-state index is 3.56. The Kier molecular flexibility index (Phi) is 3.43. The van der Waals surface area contributed by atoms with Gasteiger partial charge in [0.2, 0.25) is 0 Å². The summed E-state index contributed by atoms with van der Waals surface area (Å²) >= 11 is 3.54. The molecular formula is C11H15BrN2. The molecule has 1 aromatic carbocycles. The Labute approximate surface area is 93.2 Å². The molecule has 0 amide bonds. The van der Waals surface area contributed by atoms with Gasteiger partial charge in [0.1, 0.15) is 0 Å². The summed E-state index contributed by atoms with van der Waals surface area (Å²) in [6.45, 7) is 2.25. The minimum atomic E-state index is 0.620. The molecule has 14 heavy (non-hydrogen) atoms. The SMILES string of the molecule is Brc1ccccc1NC1CCNCC1. The van der Waals surface area contributed by atoms with Crippen molar-refractivity contribution in [3.05, 3.63) is 28.7 Å². The number of anilines is 1. The van der Waals surface area contributed by atoms with Crippen LogP contribution in [0.4, 0.5) is 5.69 Å². The minimum Gasteiger partial charge on any atom is -0.381 e. The Morgan fingerprint density at radius 2 is 1.93 bits per heavy atom. The molecule has 2 N–H and O–H groups in total. The summed E-state index contributed by atoms with van der Waals surface area (Å²) in [4.78, 5) is 0. The number of piperidine rings is 1. The van der Waals surface area contributed by atoms with E-state index >= 15 is 0 Å². The van der Waals surface area contributed by atoms with Gasteiger partial charge in [0.25, 0.3) is 0 Å². The molecule has 0 saturated carbocycles. The van der Waals surface area contributed by atoms with E-state index in [2.05, 4.69) is 44.8 Å². The fourth-order valence-corrected chi connectivity index (χ4v) is 2.16. The van der Waals surface area contributed by atoms with E-state index in [0.717, 1.165) is 17.6 Å². The maximum Gasteiger partial charge on any atom is 0.0486 e. The van der Waals surface area contributed by atoms with Gasteiger partial charge in [-0.25, -0.2) is 0 Å². The molecule has 2 nitrogen and oxygen atoms in total. The van der Waals surface area contributed by atoms with E-state index in [9.17, 15) is 0 Å². The van der Waals surface area contributed by atoms with Crippen LogP contribution in [-0.4, -0.2) is 19.1 Å². The second-order valence-electron chi connectivity index (χ2n) is 3.65. The Hall–Kier alpha value is -0.540. The van der Waals surface area contributed by atoms with E-state index in [1.165, 1.54) is 18.5 Å². The summed E-state index contributed by atoms with van der Waals surface area (Å²) in [6, 6.07) is 8.91. The van der Waals surface area contributed by atoms with Crippen LogP contribution in [0.15, 0.2) is 28.7 Å². The van der Waals surface area contributed by atoms with Gasteiger partial charge in [-0.15, -0.1) is 0 Å². The second-order valence-corrected chi connectivity index (χ2v) is 4.50. The molecule has 0 atom stereocenters. The van der Waals surface area contributed by atoms with Crippen LogP contribution >= 0.6 is 15.9 Å². The van der Waals surface area contributed by atoms with Crippen molar-refractivity contribution in [1.29, 1.82) is 0 Å². The summed E-state index contributed by atoms with van der Waals surface area (Å²) in [5, 5.41) is 6.93. The van der Waals surface area contributed by atoms with Crippen molar-refractivity contribution in [2.24, 2.45) is 0 Å². The predicted molar refractivity (Wildman–Crippen MR) is 63.7 cm³/mol. The number of rotatable bonds is 2. The number of nitrogens with one attached hydrogen (secondary N) is 2. The fourth-order valence-electron chi connectivity index (χ4n) is 1.76. The molecule has 1 saturated heterocycles. The molecule has 3 heteroatoms. The first kappa shape index (κ1) is 9.99. The average Bonchev–Trinajstić information content (AvgIpc) is 2.23. The second kappa shape index (κ2) is 4.80. The zero-order valence-corrected chi connectivity index (χ0v) is 9.68. The van der Waals surface area contributed by atoms with Crippen LogP contribution in [0.25, 0.3) is 0 Å². The van der Waals surface area contributed by atoms with Crippen LogP contribution in [-0.2, 0) is 0 Å². The van der Waals surface area contributed by atoms with Crippen molar-refractivity contribution >= 4 is 21.6 Å². The van der Waals surface area contributed by atoms with Gasteiger partial charge >= 0.3 is 0 Å². The van der Waals surface area contributed by atoms with E-state index in [4.69, 9.17) is 0 Å². The van der Waals surface area contributed by atoms with E-state index in [-0.39, 0.29) is 0 Å². The van der Waals surface area contributed by atoms with Crippen molar-refractivity contribution in [2.75, 3.05) is 18.4 Å². The van der Waals surface area contributed by atoms with Gasteiger partial charge in [-0.1, -0.05) is 12.1 Å². The third kappa shape index (κ3) is 2.49. The molecule has 0 aliphatic carbocycles. The van der Waals surface area contributed by atoms with Crippen molar-refractivity contribution < 1.29 is 0 Å². The normalized spacial score (nSPS) is 18.1. The van der Waals surface area contributed by atoms with Crippen LogP contribution in [0.2, 0.25) is 0 Å². The number of hydrogen-bond acceptors (Lipinski definition) is 2. The predicted octanol–water partition coefficient (Wildman–Crippen LogP) is 2.61. The minimum absolute atomic E-state index is 0.620. The summed E-state index contributed by atoms with van der Waals surface area (Å²) < 4.78 is 1.15. The molecule has 1 aliphatic heterocycles. The zero-order chi connectivity index (χ0) is 9.80. The Bertz CT molecular complexity index is 295. The van der Waals surface area contributed by atoms with E-state index in [0.29, 0.717) is 6.04 Å². The highest BCUT2D eigenvalue weighted by Crippen LogP contribution is 2.23. The van der Waals surface area contributed by atoms with E-state index in [1.54, 1.807) is 0 Å². The molecule has 0 aromatic heterocycles. The fraction of sp³-hybridized carbons (Fsp3) is 0.455. The highest BCUT2D eigenvalue weighted by Gasteiger charge is 2.12. The van der Waals surface area contributed by atoms with Crippen molar-refractivity contribution in [1.82, 2.24) is 5.32 Å². The smallest absolute Gasteiger partial charge is 0.0486 e. The van der Waals surface area contributed by atoms with Crippen LogP contribution in [0.3, 0.4) is 0 Å². The molecule has 1 aliphatic rings. The number of benzene rings is 1. The van der Waals surface area contributed by atoms with Gasteiger partial charge in [0.15, 0.2) is 0 Å². The highest BCUT2D eigenvalue weighted by atomic mass is 79.9. The lowest BCUT2D eigenvalue weighted by Gasteiger charge is -2.25. The van der Waals surface area contributed by atoms with Crippen molar-refractivity contribution in [3.8, 4) is 0 Å². The van der Waals surface area contributed by atoms with E-state index in [1.807, 2.05) is 6.07 Å². The third-order valence-electron chi connectivity index (χ3n) is 2.57. The summed E-state index contributed by atoms with van der Waals surface area (Å²) in [6.07, 6.45) is 2.42. The molecule has 76 valence electrons. The van der Waals surface area contributed by atoms with Gasteiger partial charge in [0, 0.05) is 16.2 Å². The highest BCUT2D eigenvalue weighted by molar-refractivity contribution is 9.10. The topological polar surface area (TPSA) is 24.1 Å². The Morgan fingerprint density at radius 1 is 1.21 bits per heavy atom. The van der Waals surface area contributed by atoms with Gasteiger partial charge in [0.05, 0.1) is 0 Å². The van der Waals surface area contributed by atoms with Crippen molar-refractivity contribution in [2.45, 2.75) is 18.9 Å². The first-order chi connectivity index (χ1) is 6.86. The standard InChI is InChI=1S/C11H15BrN2/c12-10-3-1-2-4-11(10)14-9-5-7-13-8-6-9/h1-4,9,13-14H,5-8H2. The monoisotopic (exact) mass is 254 g/mol. The quantitative estimate of drug-likeness (QED) is 0.848. The zero-order valence-electron chi connectivity index (χ0n) is 8.09. The Morgan fingerprint density at radius 3 is 2.64 bits per heavy atom. The average molecular weight is 255 g/mol. The van der Waals surface area contributed by atoms with Gasteiger partial charge in [-0.2, -0.15) is 0 Å². The van der Waals surface area contributed by atoms with Gasteiger partial charge in [-0.3, -0.25) is 0 Å². The van der Waals surface area contributed by atoms with Crippen LogP contribution in [0.5, 0.6) is 0 Å². The first-order valence-electron chi connectivity index (χ1n) is 5.08. The molecule has 1 fully saturated rings. The largest absolute Gasteiger partial charge is 0.381 e. The molecule has 0 unspecified atom stereocenters. The lowest BCUT2D eigenvalue weighted by molar-refractivity contribution is 0.479. The summed E-state index contributed by atoms with van der Waals surface area (Å²) in [5.41, 5.74) is 1.21. The molecule has 1 aromatic rings. The van der Waals surface area contributed by atoms with Gasteiger partial charge in [-0.05, 0) is 54.0 Å². The lowest BCUT2D eigenvalue weighted by Crippen LogP contribution is -2.35. The van der Waals surface area contributed by atoms with Crippen LogP contribution in [0.1, 0.15) is 12.8 Å². The maximum atomic E-state index is 3.56. The number of para-hydroxylation sites is 1. The Balaban J connectivity index is 1.99. The molecular weight excluding hydrogens is 240 g/mol. The van der Waals surface area contributed by atoms with Gasteiger partial charge < -0.3 is 10.6 Å².